The predicted molar refractivity (Wildman–Crippen MR) is 126 cm³/mol. The van der Waals surface area contributed by atoms with Crippen LogP contribution in [0, 0.1) is 36.5 Å². The SMILES string of the molecule is Cc1ccc(C(=O)N2CCC(c3ccc(C#N)cc3)CC2)cc1-c1[nH]c(CCC#N)nc1C. The van der Waals surface area contributed by atoms with Gasteiger partial charge in [0, 0.05) is 37.1 Å². The summed E-state index contributed by atoms with van der Waals surface area (Å²) in [5, 5.41) is 17.8. The Morgan fingerprint density at radius 1 is 1.12 bits per heavy atom. The number of amides is 1. The highest BCUT2D eigenvalue weighted by atomic mass is 16.2. The van der Waals surface area contributed by atoms with Crippen LogP contribution in [0.15, 0.2) is 42.5 Å². The Balaban J connectivity index is 1.48. The Morgan fingerprint density at radius 3 is 2.52 bits per heavy atom. The van der Waals surface area contributed by atoms with Gasteiger partial charge in [-0.15, -0.1) is 0 Å². The first-order chi connectivity index (χ1) is 16.0. The van der Waals surface area contributed by atoms with Gasteiger partial charge in [-0.2, -0.15) is 10.5 Å². The summed E-state index contributed by atoms with van der Waals surface area (Å²) < 4.78 is 0. The standard InChI is InChI=1S/C27H27N5O/c1-18-5-8-23(16-24(18)26-19(2)30-25(31-26)4-3-13-28)27(33)32-14-11-22(12-15-32)21-9-6-20(17-29)7-10-21/h5-10,16,22H,3-4,11-12,14-15H2,1-2H3,(H,30,31). The van der Waals surface area contributed by atoms with Crippen LogP contribution in [-0.2, 0) is 6.42 Å². The number of benzene rings is 2. The van der Waals surface area contributed by atoms with Crippen molar-refractivity contribution in [2.24, 2.45) is 0 Å². The summed E-state index contributed by atoms with van der Waals surface area (Å²) in [6, 6.07) is 17.9. The Bertz CT molecular complexity index is 1230. The third-order valence-corrected chi connectivity index (χ3v) is 6.45. The number of hydrogen-bond acceptors (Lipinski definition) is 4. The van der Waals surface area contributed by atoms with Crippen molar-refractivity contribution in [3.8, 4) is 23.4 Å². The fraction of sp³-hybridized carbons (Fsp3) is 0.333. The lowest BCUT2D eigenvalue weighted by molar-refractivity contribution is 0.0713. The molecule has 1 aliphatic rings. The quantitative estimate of drug-likeness (QED) is 0.605. The molecule has 0 aliphatic carbocycles. The molecule has 6 nitrogen and oxygen atoms in total. The zero-order chi connectivity index (χ0) is 23.4. The van der Waals surface area contributed by atoms with Gasteiger partial charge in [-0.3, -0.25) is 4.79 Å². The third kappa shape index (κ3) is 4.81. The second-order valence-corrected chi connectivity index (χ2v) is 8.63. The minimum absolute atomic E-state index is 0.0522. The minimum Gasteiger partial charge on any atom is -0.342 e. The number of imidazole rings is 1. The normalized spacial score (nSPS) is 14.0. The van der Waals surface area contributed by atoms with Gasteiger partial charge in [0.1, 0.15) is 5.82 Å². The zero-order valence-corrected chi connectivity index (χ0v) is 19.1. The molecule has 4 rings (SSSR count). The van der Waals surface area contributed by atoms with Crippen LogP contribution in [-0.4, -0.2) is 33.9 Å². The number of aryl methyl sites for hydroxylation is 3. The Kier molecular flexibility index (Phi) is 6.56. The van der Waals surface area contributed by atoms with E-state index in [1.165, 1.54) is 5.56 Å². The van der Waals surface area contributed by atoms with Crippen molar-refractivity contribution in [1.29, 1.82) is 10.5 Å². The molecule has 0 spiro atoms. The number of hydrogen-bond donors (Lipinski definition) is 1. The van der Waals surface area contributed by atoms with E-state index in [1.807, 2.05) is 61.2 Å². The number of carbonyl (C=O) groups excluding carboxylic acids is 1. The number of nitriles is 2. The molecule has 0 bridgehead atoms. The summed E-state index contributed by atoms with van der Waals surface area (Å²) in [5.41, 5.74) is 6.42. The summed E-state index contributed by atoms with van der Waals surface area (Å²) in [4.78, 5) is 23.1. The lowest BCUT2D eigenvalue weighted by Gasteiger charge is -2.32. The number of nitrogens with one attached hydrogen (secondary N) is 1. The van der Waals surface area contributed by atoms with Crippen molar-refractivity contribution < 1.29 is 4.79 Å². The van der Waals surface area contributed by atoms with Crippen molar-refractivity contribution in [2.45, 2.75) is 45.4 Å². The number of likely N-dealkylation sites (tertiary alicyclic amines) is 1. The maximum absolute atomic E-state index is 13.3. The van der Waals surface area contributed by atoms with E-state index in [-0.39, 0.29) is 5.91 Å². The van der Waals surface area contributed by atoms with E-state index in [4.69, 9.17) is 10.5 Å². The predicted octanol–water partition coefficient (Wildman–Crippen LogP) is 5.04. The first kappa shape index (κ1) is 22.3. The van der Waals surface area contributed by atoms with Gasteiger partial charge in [0.05, 0.1) is 29.1 Å². The van der Waals surface area contributed by atoms with Crippen LogP contribution in [0.3, 0.4) is 0 Å². The smallest absolute Gasteiger partial charge is 0.253 e. The minimum atomic E-state index is 0.0522. The number of piperidine rings is 1. The molecule has 0 atom stereocenters. The zero-order valence-electron chi connectivity index (χ0n) is 19.1. The summed E-state index contributed by atoms with van der Waals surface area (Å²) in [6.45, 7) is 5.41. The molecule has 166 valence electrons. The second-order valence-electron chi connectivity index (χ2n) is 8.63. The van der Waals surface area contributed by atoms with Gasteiger partial charge in [0.15, 0.2) is 0 Å². The average molecular weight is 438 g/mol. The van der Waals surface area contributed by atoms with Crippen LogP contribution in [0.1, 0.15) is 63.7 Å². The van der Waals surface area contributed by atoms with Gasteiger partial charge < -0.3 is 9.88 Å². The fourth-order valence-electron chi connectivity index (χ4n) is 4.53. The molecule has 3 aromatic rings. The molecule has 0 saturated carbocycles. The van der Waals surface area contributed by atoms with Crippen LogP contribution in [0.25, 0.3) is 11.3 Å². The Labute approximate surface area is 194 Å². The number of H-pyrrole nitrogens is 1. The highest BCUT2D eigenvalue weighted by Gasteiger charge is 2.25. The Hall–Kier alpha value is -3.90. The molecule has 2 heterocycles. The maximum Gasteiger partial charge on any atom is 0.253 e. The molecule has 1 aromatic heterocycles. The van der Waals surface area contributed by atoms with Gasteiger partial charge in [0.2, 0.25) is 0 Å². The largest absolute Gasteiger partial charge is 0.342 e. The van der Waals surface area contributed by atoms with Gasteiger partial charge in [-0.25, -0.2) is 4.98 Å². The van der Waals surface area contributed by atoms with Gasteiger partial charge >= 0.3 is 0 Å². The summed E-state index contributed by atoms with van der Waals surface area (Å²) >= 11 is 0. The highest BCUT2D eigenvalue weighted by Crippen LogP contribution is 2.30. The van der Waals surface area contributed by atoms with Crippen LogP contribution in [0.5, 0.6) is 0 Å². The molecule has 1 saturated heterocycles. The fourth-order valence-corrected chi connectivity index (χ4v) is 4.53. The molecule has 1 amide bonds. The van der Waals surface area contributed by atoms with Gasteiger partial charge in [-0.1, -0.05) is 18.2 Å². The molecule has 1 aliphatic heterocycles. The van der Waals surface area contributed by atoms with E-state index in [0.29, 0.717) is 43.0 Å². The maximum atomic E-state index is 13.3. The number of rotatable bonds is 5. The first-order valence-electron chi connectivity index (χ1n) is 11.3. The van der Waals surface area contributed by atoms with E-state index in [1.54, 1.807) is 0 Å². The molecule has 1 fully saturated rings. The number of aromatic amines is 1. The van der Waals surface area contributed by atoms with Crippen molar-refractivity contribution in [2.75, 3.05) is 13.1 Å². The van der Waals surface area contributed by atoms with Crippen LogP contribution >= 0.6 is 0 Å². The average Bonchev–Trinajstić information content (AvgIpc) is 3.22. The molecular weight excluding hydrogens is 410 g/mol. The van der Waals surface area contributed by atoms with Gasteiger partial charge in [0.25, 0.3) is 5.91 Å². The summed E-state index contributed by atoms with van der Waals surface area (Å²) in [6.07, 6.45) is 2.84. The first-order valence-corrected chi connectivity index (χ1v) is 11.3. The molecule has 1 N–H and O–H groups in total. The molecular formula is C27H27N5O. The second kappa shape index (κ2) is 9.71. The van der Waals surface area contributed by atoms with Crippen LogP contribution < -0.4 is 0 Å². The molecule has 33 heavy (non-hydrogen) atoms. The third-order valence-electron chi connectivity index (χ3n) is 6.45. The van der Waals surface area contributed by atoms with Crippen LogP contribution in [0.2, 0.25) is 0 Å². The summed E-state index contributed by atoms with van der Waals surface area (Å²) in [7, 11) is 0. The monoisotopic (exact) mass is 437 g/mol. The van der Waals surface area contributed by atoms with Crippen molar-refractivity contribution in [3.05, 3.63) is 76.2 Å². The van der Waals surface area contributed by atoms with Crippen LogP contribution in [0.4, 0.5) is 0 Å². The van der Waals surface area contributed by atoms with E-state index in [0.717, 1.165) is 41.2 Å². The lowest BCUT2D eigenvalue weighted by Crippen LogP contribution is -2.37. The molecule has 0 radical (unpaired) electrons. The number of aromatic nitrogens is 2. The number of carbonyl (C=O) groups is 1. The molecule has 6 heteroatoms. The van der Waals surface area contributed by atoms with Crippen molar-refractivity contribution >= 4 is 5.91 Å². The topological polar surface area (TPSA) is 96.6 Å². The lowest BCUT2D eigenvalue weighted by atomic mass is 9.88. The van der Waals surface area contributed by atoms with E-state index in [2.05, 4.69) is 22.1 Å². The molecule has 0 unspecified atom stereocenters. The van der Waals surface area contributed by atoms with E-state index >= 15 is 0 Å². The van der Waals surface area contributed by atoms with Crippen molar-refractivity contribution in [1.82, 2.24) is 14.9 Å². The number of nitrogens with zero attached hydrogens (tertiary/aromatic N) is 4. The van der Waals surface area contributed by atoms with E-state index < -0.39 is 0 Å². The van der Waals surface area contributed by atoms with Gasteiger partial charge in [-0.05, 0) is 68.0 Å². The summed E-state index contributed by atoms with van der Waals surface area (Å²) in [5.74, 6) is 1.26. The van der Waals surface area contributed by atoms with E-state index in [9.17, 15) is 4.79 Å². The highest BCUT2D eigenvalue weighted by molar-refractivity contribution is 5.95. The van der Waals surface area contributed by atoms with Crippen molar-refractivity contribution in [3.63, 3.8) is 0 Å². The Morgan fingerprint density at radius 2 is 1.85 bits per heavy atom. The molecule has 2 aromatic carbocycles.